The molecule has 0 fully saturated rings. The van der Waals surface area contributed by atoms with Crippen LogP contribution in [0.1, 0.15) is 5.56 Å². The summed E-state index contributed by atoms with van der Waals surface area (Å²) in [6, 6.07) is 4.56. The number of rotatable bonds is 8. The van der Waals surface area contributed by atoms with Gasteiger partial charge in [0, 0.05) is 20.2 Å². The number of halogens is 2. The molecule has 0 atom stereocenters. The minimum absolute atomic E-state index is 0.0907. The summed E-state index contributed by atoms with van der Waals surface area (Å²) in [6.45, 7) is 6.32. The SMILES string of the molecule is Cc1ccc(-c2cnc(OC(F)F)cn2)c2oc(=O)n(COCC[Si](C)(C)C)c12. The van der Waals surface area contributed by atoms with Gasteiger partial charge in [-0.1, -0.05) is 25.7 Å². The first-order chi connectivity index (χ1) is 13.7. The molecular formula is C19H23F2N3O4Si. The number of fused-ring (bicyclic) bond motifs is 1. The molecule has 3 aromatic rings. The molecule has 0 aliphatic heterocycles. The van der Waals surface area contributed by atoms with Crippen molar-refractivity contribution in [3.63, 3.8) is 0 Å². The molecule has 0 unspecified atom stereocenters. The highest BCUT2D eigenvalue weighted by atomic mass is 28.3. The largest absolute Gasteiger partial charge is 0.421 e. The molecule has 7 nitrogen and oxygen atoms in total. The average molecular weight is 423 g/mol. The first-order valence-electron chi connectivity index (χ1n) is 9.13. The van der Waals surface area contributed by atoms with E-state index in [1.54, 1.807) is 6.07 Å². The molecule has 29 heavy (non-hydrogen) atoms. The van der Waals surface area contributed by atoms with Crippen LogP contribution in [-0.2, 0) is 11.5 Å². The fraction of sp³-hybridized carbons (Fsp3) is 0.421. The molecule has 3 rings (SSSR count). The topological polar surface area (TPSA) is 79.4 Å². The van der Waals surface area contributed by atoms with E-state index in [0.717, 1.165) is 17.8 Å². The van der Waals surface area contributed by atoms with Gasteiger partial charge in [0.1, 0.15) is 6.73 Å². The van der Waals surface area contributed by atoms with E-state index in [9.17, 15) is 13.6 Å². The number of benzene rings is 1. The molecule has 0 N–H and O–H groups in total. The number of hydrogen-bond acceptors (Lipinski definition) is 6. The van der Waals surface area contributed by atoms with Gasteiger partial charge in [-0.25, -0.2) is 19.3 Å². The summed E-state index contributed by atoms with van der Waals surface area (Å²) in [5, 5.41) is 0. The Balaban J connectivity index is 1.91. The van der Waals surface area contributed by atoms with E-state index in [0.29, 0.717) is 29.0 Å². The van der Waals surface area contributed by atoms with Gasteiger partial charge in [0.05, 0.1) is 23.6 Å². The highest BCUT2D eigenvalue weighted by Gasteiger charge is 2.18. The fourth-order valence-electron chi connectivity index (χ4n) is 2.80. The van der Waals surface area contributed by atoms with Crippen LogP contribution in [0.5, 0.6) is 5.88 Å². The van der Waals surface area contributed by atoms with E-state index in [2.05, 4.69) is 34.3 Å². The first kappa shape index (κ1) is 21.1. The zero-order chi connectivity index (χ0) is 21.2. The molecular weight excluding hydrogens is 400 g/mol. The van der Waals surface area contributed by atoms with Gasteiger partial charge in [-0.15, -0.1) is 0 Å². The van der Waals surface area contributed by atoms with Crippen LogP contribution in [0, 0.1) is 6.92 Å². The average Bonchev–Trinajstić information content (AvgIpc) is 2.96. The highest BCUT2D eigenvalue weighted by Crippen LogP contribution is 2.29. The van der Waals surface area contributed by atoms with Crippen LogP contribution < -0.4 is 10.5 Å². The number of hydrogen-bond donors (Lipinski definition) is 0. The molecule has 10 heteroatoms. The van der Waals surface area contributed by atoms with Crippen molar-refractivity contribution in [1.29, 1.82) is 0 Å². The second-order valence-corrected chi connectivity index (χ2v) is 13.5. The maximum absolute atomic E-state index is 12.4. The number of aryl methyl sites for hydroxylation is 1. The number of alkyl halides is 2. The maximum atomic E-state index is 12.4. The fourth-order valence-corrected chi connectivity index (χ4v) is 3.56. The Kier molecular flexibility index (Phi) is 6.13. The predicted molar refractivity (Wildman–Crippen MR) is 107 cm³/mol. The van der Waals surface area contributed by atoms with Crippen molar-refractivity contribution in [2.45, 2.75) is 46.0 Å². The van der Waals surface area contributed by atoms with Crippen molar-refractivity contribution in [1.82, 2.24) is 14.5 Å². The third-order valence-electron chi connectivity index (χ3n) is 4.34. The third-order valence-corrected chi connectivity index (χ3v) is 6.05. The molecule has 0 bridgehead atoms. The number of aromatic nitrogens is 3. The summed E-state index contributed by atoms with van der Waals surface area (Å²) in [4.78, 5) is 20.4. The quantitative estimate of drug-likeness (QED) is 0.398. The molecule has 0 aliphatic carbocycles. The van der Waals surface area contributed by atoms with Gasteiger partial charge in [-0.2, -0.15) is 8.78 Å². The molecule has 1 aromatic carbocycles. The van der Waals surface area contributed by atoms with E-state index in [1.807, 2.05) is 13.0 Å². The molecule has 0 radical (unpaired) electrons. The van der Waals surface area contributed by atoms with Crippen molar-refractivity contribution in [2.24, 2.45) is 0 Å². The monoisotopic (exact) mass is 423 g/mol. The summed E-state index contributed by atoms with van der Waals surface area (Å²) >= 11 is 0. The number of ether oxygens (including phenoxy) is 2. The lowest BCUT2D eigenvalue weighted by Crippen LogP contribution is -2.23. The Morgan fingerprint density at radius 2 is 1.97 bits per heavy atom. The van der Waals surface area contributed by atoms with Crippen LogP contribution >= 0.6 is 0 Å². The van der Waals surface area contributed by atoms with Gasteiger partial charge in [0.15, 0.2) is 5.58 Å². The maximum Gasteiger partial charge on any atom is 0.421 e. The lowest BCUT2D eigenvalue weighted by molar-refractivity contribution is -0.0530. The Bertz CT molecular complexity index is 1040. The molecule has 156 valence electrons. The van der Waals surface area contributed by atoms with E-state index in [1.165, 1.54) is 10.8 Å². The molecule has 0 amide bonds. The van der Waals surface area contributed by atoms with Crippen LogP contribution in [-0.4, -0.2) is 35.8 Å². The normalized spacial score (nSPS) is 12.1. The van der Waals surface area contributed by atoms with Gasteiger partial charge in [0.2, 0.25) is 5.88 Å². The lowest BCUT2D eigenvalue weighted by Gasteiger charge is -2.15. The summed E-state index contributed by atoms with van der Waals surface area (Å²) in [5.41, 5.74) is 2.70. The summed E-state index contributed by atoms with van der Waals surface area (Å²) in [5.74, 6) is -0.823. The van der Waals surface area contributed by atoms with Gasteiger partial charge < -0.3 is 13.9 Å². The summed E-state index contributed by atoms with van der Waals surface area (Å²) in [7, 11) is -1.23. The van der Waals surface area contributed by atoms with Gasteiger partial charge >= 0.3 is 12.4 Å². The molecule has 0 saturated carbocycles. The standard InChI is InChI=1S/C19H23F2N3O4Si/c1-12-5-6-13(14-9-23-15(10-22-14)27-18(20)21)17-16(12)24(19(25)28-17)11-26-7-8-29(2,3)4/h5-6,9-10,18H,7-8,11H2,1-4H3. The van der Waals surface area contributed by atoms with E-state index in [-0.39, 0.29) is 12.6 Å². The van der Waals surface area contributed by atoms with Crippen molar-refractivity contribution in [2.75, 3.05) is 6.61 Å². The van der Waals surface area contributed by atoms with Crippen molar-refractivity contribution in [3.8, 4) is 17.1 Å². The highest BCUT2D eigenvalue weighted by molar-refractivity contribution is 6.76. The van der Waals surface area contributed by atoms with Crippen LogP contribution in [0.3, 0.4) is 0 Å². The Hall–Kier alpha value is -2.59. The van der Waals surface area contributed by atoms with Gasteiger partial charge in [0.25, 0.3) is 0 Å². The Morgan fingerprint density at radius 1 is 1.21 bits per heavy atom. The summed E-state index contributed by atoms with van der Waals surface area (Å²) < 4.78 is 41.4. The smallest absolute Gasteiger partial charge is 0.415 e. The van der Waals surface area contributed by atoms with E-state index >= 15 is 0 Å². The minimum atomic E-state index is -2.98. The zero-order valence-electron chi connectivity index (χ0n) is 16.7. The van der Waals surface area contributed by atoms with Crippen molar-refractivity contribution in [3.05, 3.63) is 40.6 Å². The molecule has 0 aliphatic rings. The molecule has 0 spiro atoms. The second-order valence-electron chi connectivity index (χ2n) is 7.87. The number of nitrogens with zero attached hydrogens (tertiary/aromatic N) is 3. The number of oxazole rings is 1. The zero-order valence-corrected chi connectivity index (χ0v) is 17.7. The summed E-state index contributed by atoms with van der Waals surface area (Å²) in [6.07, 6.45) is 2.39. The molecule has 0 saturated heterocycles. The predicted octanol–water partition coefficient (Wildman–Crippen LogP) is 4.27. The van der Waals surface area contributed by atoms with Crippen LogP contribution in [0.4, 0.5) is 8.78 Å². The van der Waals surface area contributed by atoms with E-state index < -0.39 is 20.4 Å². The van der Waals surface area contributed by atoms with Gasteiger partial charge in [-0.05, 0) is 24.6 Å². The second kappa shape index (κ2) is 8.42. The van der Waals surface area contributed by atoms with Crippen molar-refractivity contribution >= 4 is 19.2 Å². The molecule has 2 aromatic heterocycles. The van der Waals surface area contributed by atoms with Crippen LogP contribution in [0.15, 0.2) is 33.7 Å². The Morgan fingerprint density at radius 3 is 2.59 bits per heavy atom. The lowest BCUT2D eigenvalue weighted by atomic mass is 10.1. The van der Waals surface area contributed by atoms with Gasteiger partial charge in [-0.3, -0.25) is 0 Å². The third kappa shape index (κ3) is 5.07. The Labute approximate surface area is 167 Å². The minimum Gasteiger partial charge on any atom is -0.415 e. The van der Waals surface area contributed by atoms with Crippen LogP contribution in [0.25, 0.3) is 22.4 Å². The van der Waals surface area contributed by atoms with E-state index in [4.69, 9.17) is 9.15 Å². The molecule has 2 heterocycles. The van der Waals surface area contributed by atoms with Crippen molar-refractivity contribution < 1.29 is 22.7 Å². The van der Waals surface area contributed by atoms with Crippen LogP contribution in [0.2, 0.25) is 25.7 Å². The first-order valence-corrected chi connectivity index (χ1v) is 12.8.